The maximum Gasteiger partial charge on any atom is 0.410 e. The average Bonchev–Trinajstić information content (AvgIpc) is 3.10. The molecule has 3 aliphatic heterocycles. The Kier molecular flexibility index (Phi) is 5.47. The fourth-order valence-corrected chi connectivity index (χ4v) is 4.69. The Morgan fingerprint density at radius 2 is 1.67 bits per heavy atom. The van der Waals surface area contributed by atoms with Crippen LogP contribution in [0.1, 0.15) is 52.0 Å². The zero-order chi connectivity index (χ0) is 21.4. The molecule has 0 radical (unpaired) electrons. The Bertz CT molecular complexity index is 826. The van der Waals surface area contributed by atoms with Crippen LogP contribution in [0.25, 0.3) is 5.57 Å². The molecule has 1 aromatic heterocycles. The van der Waals surface area contributed by atoms with E-state index in [0.717, 1.165) is 63.1 Å². The van der Waals surface area contributed by atoms with Gasteiger partial charge in [-0.3, -0.25) is 4.98 Å². The summed E-state index contributed by atoms with van der Waals surface area (Å²) in [6.45, 7) is 9.37. The number of esters is 1. The number of ether oxygens (including phenoxy) is 2. The summed E-state index contributed by atoms with van der Waals surface area (Å²) in [5.74, 6) is -0.248. The molecule has 162 valence electrons. The number of nitrogens with zero attached hydrogens (tertiary/aromatic N) is 3. The molecule has 0 aliphatic carbocycles. The largest absolute Gasteiger partial charge is 0.456 e. The van der Waals surface area contributed by atoms with Gasteiger partial charge in [0.05, 0.1) is 11.3 Å². The quantitative estimate of drug-likeness (QED) is 0.692. The zero-order valence-corrected chi connectivity index (χ0v) is 18.1. The molecule has 4 heterocycles. The van der Waals surface area contributed by atoms with Gasteiger partial charge in [0.1, 0.15) is 12.2 Å². The minimum Gasteiger partial charge on any atom is -0.456 e. The number of hydrogen-bond donors (Lipinski definition) is 0. The van der Waals surface area contributed by atoms with E-state index in [1.165, 1.54) is 0 Å². The van der Waals surface area contributed by atoms with Crippen LogP contribution >= 0.6 is 0 Å². The predicted octanol–water partition coefficient (Wildman–Crippen LogP) is 3.46. The molecule has 7 heteroatoms. The van der Waals surface area contributed by atoms with Gasteiger partial charge in [-0.2, -0.15) is 0 Å². The van der Waals surface area contributed by atoms with E-state index in [-0.39, 0.29) is 17.5 Å². The fraction of sp³-hybridized carbons (Fsp3) is 0.609. The summed E-state index contributed by atoms with van der Waals surface area (Å²) in [6, 6.07) is 3.72. The molecule has 7 nitrogen and oxygen atoms in total. The first-order chi connectivity index (χ1) is 14.3. The number of likely N-dealkylation sites (tertiary alicyclic amines) is 2. The van der Waals surface area contributed by atoms with Gasteiger partial charge in [0.2, 0.25) is 0 Å². The van der Waals surface area contributed by atoms with Crippen molar-refractivity contribution in [1.82, 2.24) is 14.8 Å². The minimum absolute atomic E-state index is 0.205. The molecule has 30 heavy (non-hydrogen) atoms. The SMILES string of the molecule is CC(C)(C)OC(=O)N1CCC2(CC1)CCN(C1=C(c3ccncc3)C(=O)OC1)CC2. The number of rotatable bonds is 2. The number of hydrogen-bond acceptors (Lipinski definition) is 6. The molecule has 0 N–H and O–H groups in total. The second-order valence-corrected chi connectivity index (χ2v) is 9.59. The van der Waals surface area contributed by atoms with Gasteiger partial charge in [-0.15, -0.1) is 0 Å². The second-order valence-electron chi connectivity index (χ2n) is 9.59. The van der Waals surface area contributed by atoms with E-state index in [1.54, 1.807) is 12.4 Å². The van der Waals surface area contributed by atoms with Crippen LogP contribution < -0.4 is 0 Å². The monoisotopic (exact) mass is 413 g/mol. The van der Waals surface area contributed by atoms with E-state index in [1.807, 2.05) is 37.8 Å². The number of amides is 1. The summed E-state index contributed by atoms with van der Waals surface area (Å²) in [5, 5.41) is 0. The molecular formula is C23H31N3O4. The summed E-state index contributed by atoms with van der Waals surface area (Å²) in [4.78, 5) is 32.9. The third-order valence-electron chi connectivity index (χ3n) is 6.48. The van der Waals surface area contributed by atoms with Crippen LogP contribution in [0.4, 0.5) is 4.79 Å². The molecule has 1 spiro atoms. The molecule has 1 amide bonds. The van der Waals surface area contributed by atoms with Gasteiger partial charge in [0.15, 0.2) is 0 Å². The summed E-state index contributed by atoms with van der Waals surface area (Å²) in [6.07, 6.45) is 7.35. The number of piperidine rings is 2. The molecular weight excluding hydrogens is 382 g/mol. The van der Waals surface area contributed by atoms with E-state index < -0.39 is 5.60 Å². The van der Waals surface area contributed by atoms with Crippen molar-refractivity contribution < 1.29 is 19.1 Å². The molecule has 0 aromatic carbocycles. The van der Waals surface area contributed by atoms with Gasteiger partial charge in [0.25, 0.3) is 0 Å². The fourth-order valence-electron chi connectivity index (χ4n) is 4.69. The third-order valence-corrected chi connectivity index (χ3v) is 6.48. The standard InChI is InChI=1S/C23H31N3O4/c1-22(2,3)30-21(28)26-14-8-23(9-15-26)6-12-25(13-7-23)18-16-29-20(27)19(18)17-4-10-24-11-5-17/h4-5,10-11H,6-9,12-16H2,1-3H3. The van der Waals surface area contributed by atoms with Gasteiger partial charge < -0.3 is 19.3 Å². The Hall–Kier alpha value is -2.57. The lowest BCUT2D eigenvalue weighted by Gasteiger charge is -2.47. The third kappa shape index (κ3) is 4.30. The van der Waals surface area contributed by atoms with Gasteiger partial charge in [-0.1, -0.05) is 0 Å². The second kappa shape index (κ2) is 7.93. The first-order valence-electron chi connectivity index (χ1n) is 10.8. The first kappa shape index (κ1) is 20.7. The highest BCUT2D eigenvalue weighted by Gasteiger charge is 2.41. The number of carbonyl (C=O) groups excluding carboxylic acids is 2. The Morgan fingerprint density at radius 3 is 2.27 bits per heavy atom. The van der Waals surface area contributed by atoms with Gasteiger partial charge in [-0.05, 0) is 69.6 Å². The highest BCUT2D eigenvalue weighted by molar-refractivity contribution is 6.19. The number of pyridine rings is 1. The van der Waals surface area contributed by atoms with Crippen LogP contribution in [0.5, 0.6) is 0 Å². The molecule has 2 fully saturated rings. The van der Waals surface area contributed by atoms with E-state index in [2.05, 4.69) is 9.88 Å². The van der Waals surface area contributed by atoms with Crippen molar-refractivity contribution in [2.24, 2.45) is 5.41 Å². The van der Waals surface area contributed by atoms with E-state index >= 15 is 0 Å². The van der Waals surface area contributed by atoms with Crippen molar-refractivity contribution in [3.63, 3.8) is 0 Å². The highest BCUT2D eigenvalue weighted by atomic mass is 16.6. The average molecular weight is 414 g/mol. The molecule has 3 aliphatic rings. The topological polar surface area (TPSA) is 72.0 Å². The molecule has 0 bridgehead atoms. The van der Waals surface area contributed by atoms with Crippen LogP contribution in [0.2, 0.25) is 0 Å². The van der Waals surface area contributed by atoms with Crippen LogP contribution in [0.3, 0.4) is 0 Å². The van der Waals surface area contributed by atoms with E-state index in [4.69, 9.17) is 9.47 Å². The maximum atomic E-state index is 12.4. The van der Waals surface area contributed by atoms with E-state index in [0.29, 0.717) is 12.2 Å². The number of cyclic esters (lactones) is 1. The minimum atomic E-state index is -0.460. The normalized spacial score (nSPS) is 21.8. The zero-order valence-electron chi connectivity index (χ0n) is 18.1. The highest BCUT2D eigenvalue weighted by Crippen LogP contribution is 2.43. The summed E-state index contributed by atoms with van der Waals surface area (Å²) in [5.41, 5.74) is 2.35. The van der Waals surface area contributed by atoms with Crippen molar-refractivity contribution >= 4 is 17.6 Å². The Morgan fingerprint density at radius 1 is 1.07 bits per heavy atom. The molecule has 1 aromatic rings. The van der Waals surface area contributed by atoms with Crippen molar-refractivity contribution in [1.29, 1.82) is 0 Å². The lowest BCUT2D eigenvalue weighted by molar-refractivity contribution is -0.134. The van der Waals surface area contributed by atoms with Crippen LogP contribution in [0.15, 0.2) is 30.2 Å². The van der Waals surface area contributed by atoms with Crippen molar-refractivity contribution in [3.8, 4) is 0 Å². The summed E-state index contributed by atoms with van der Waals surface area (Å²) in [7, 11) is 0. The van der Waals surface area contributed by atoms with Crippen molar-refractivity contribution in [3.05, 3.63) is 35.8 Å². The lowest BCUT2D eigenvalue weighted by atomic mass is 9.71. The van der Waals surface area contributed by atoms with Gasteiger partial charge >= 0.3 is 12.1 Å². The first-order valence-corrected chi connectivity index (χ1v) is 10.8. The molecule has 0 saturated carbocycles. The van der Waals surface area contributed by atoms with E-state index in [9.17, 15) is 9.59 Å². The summed E-state index contributed by atoms with van der Waals surface area (Å²) >= 11 is 0. The Labute approximate surface area is 178 Å². The number of carbonyl (C=O) groups is 2. The predicted molar refractivity (Wildman–Crippen MR) is 112 cm³/mol. The van der Waals surface area contributed by atoms with Gasteiger partial charge in [0, 0.05) is 38.6 Å². The Balaban J connectivity index is 1.38. The summed E-state index contributed by atoms with van der Waals surface area (Å²) < 4.78 is 10.9. The van der Waals surface area contributed by atoms with Crippen molar-refractivity contribution in [2.45, 2.75) is 52.1 Å². The van der Waals surface area contributed by atoms with Gasteiger partial charge in [-0.25, -0.2) is 9.59 Å². The lowest BCUT2D eigenvalue weighted by Crippen LogP contribution is -2.49. The molecule has 0 unspecified atom stereocenters. The molecule has 0 atom stereocenters. The van der Waals surface area contributed by atoms with Crippen LogP contribution in [-0.2, 0) is 14.3 Å². The molecule has 4 rings (SSSR count). The molecule has 2 saturated heterocycles. The maximum absolute atomic E-state index is 12.4. The smallest absolute Gasteiger partial charge is 0.410 e. The van der Waals surface area contributed by atoms with Crippen molar-refractivity contribution in [2.75, 3.05) is 32.8 Å². The number of aromatic nitrogens is 1. The van der Waals surface area contributed by atoms with Crippen LogP contribution in [-0.4, -0.2) is 65.2 Å². The van der Waals surface area contributed by atoms with Crippen LogP contribution in [0, 0.1) is 5.41 Å².